The van der Waals surface area contributed by atoms with E-state index in [1.165, 1.54) is 0 Å². The number of nitrogens with one attached hydrogen (secondary N) is 1. The van der Waals surface area contributed by atoms with Crippen molar-refractivity contribution in [3.63, 3.8) is 0 Å². The molecule has 2 aliphatic heterocycles. The van der Waals surface area contributed by atoms with Gasteiger partial charge in [0.1, 0.15) is 24.2 Å². The summed E-state index contributed by atoms with van der Waals surface area (Å²) in [6.07, 6.45) is 4.72. The minimum atomic E-state index is -0.269. The van der Waals surface area contributed by atoms with Gasteiger partial charge in [-0.2, -0.15) is 0 Å². The highest BCUT2D eigenvalue weighted by atomic mass is 16.6. The normalized spacial score (nSPS) is 25.4. The van der Waals surface area contributed by atoms with E-state index in [-0.39, 0.29) is 24.2 Å². The van der Waals surface area contributed by atoms with Crippen molar-refractivity contribution >= 4 is 10.8 Å². The molecule has 0 spiro atoms. The van der Waals surface area contributed by atoms with Gasteiger partial charge in [0.05, 0.1) is 6.61 Å². The van der Waals surface area contributed by atoms with Gasteiger partial charge in [-0.05, 0) is 48.0 Å². The number of phenols is 1. The molecule has 2 aliphatic rings. The van der Waals surface area contributed by atoms with Gasteiger partial charge in [0.25, 0.3) is 0 Å². The number of nitrogens with zero attached hydrogens (tertiary/aromatic N) is 1. The number of rotatable bonds is 4. The summed E-state index contributed by atoms with van der Waals surface area (Å²) in [6.45, 7) is 3.31. The molecule has 5 nitrogen and oxygen atoms in total. The number of likely N-dealkylation sites (N-methyl/N-ethyl adjacent to an activating group) is 1. The second kappa shape index (κ2) is 7.76. The van der Waals surface area contributed by atoms with Crippen molar-refractivity contribution in [3.05, 3.63) is 54.1 Å². The zero-order chi connectivity index (χ0) is 17.9. The monoisotopic (exact) mass is 354 g/mol. The van der Waals surface area contributed by atoms with Gasteiger partial charge in [-0.3, -0.25) is 5.32 Å². The number of fused-ring (bicyclic) bond motifs is 1. The summed E-state index contributed by atoms with van der Waals surface area (Å²) in [4.78, 5) is 2.26. The van der Waals surface area contributed by atoms with Crippen LogP contribution >= 0.6 is 0 Å². The van der Waals surface area contributed by atoms with E-state index in [1.54, 1.807) is 6.07 Å². The topological polar surface area (TPSA) is 54.0 Å². The van der Waals surface area contributed by atoms with Crippen molar-refractivity contribution in [3.8, 4) is 5.75 Å². The first-order valence-electron chi connectivity index (χ1n) is 9.28. The Labute approximate surface area is 154 Å². The zero-order valence-corrected chi connectivity index (χ0v) is 15.1. The van der Waals surface area contributed by atoms with Crippen LogP contribution in [-0.4, -0.2) is 55.6 Å². The Hall–Kier alpha value is -1.92. The highest BCUT2D eigenvalue weighted by molar-refractivity contribution is 5.87. The minimum absolute atomic E-state index is 0.0870. The largest absolute Gasteiger partial charge is 0.508 e. The van der Waals surface area contributed by atoms with E-state index in [2.05, 4.69) is 35.5 Å². The van der Waals surface area contributed by atoms with Crippen molar-refractivity contribution < 1.29 is 14.6 Å². The van der Waals surface area contributed by atoms with E-state index in [1.807, 2.05) is 24.3 Å². The Morgan fingerprint density at radius 2 is 2.19 bits per heavy atom. The molecule has 5 heteroatoms. The minimum Gasteiger partial charge on any atom is -0.508 e. The molecule has 0 radical (unpaired) electrons. The van der Waals surface area contributed by atoms with Gasteiger partial charge in [-0.25, -0.2) is 0 Å². The van der Waals surface area contributed by atoms with Gasteiger partial charge in [-0.15, -0.1) is 0 Å². The fourth-order valence-electron chi connectivity index (χ4n) is 3.76. The number of aromatic hydroxyl groups is 1. The Morgan fingerprint density at radius 3 is 3.00 bits per heavy atom. The zero-order valence-electron chi connectivity index (χ0n) is 15.1. The van der Waals surface area contributed by atoms with Crippen molar-refractivity contribution in [2.24, 2.45) is 0 Å². The lowest BCUT2D eigenvalue weighted by molar-refractivity contribution is -0.127. The van der Waals surface area contributed by atoms with Crippen LogP contribution in [0.25, 0.3) is 10.8 Å². The molecule has 0 amide bonds. The Balaban J connectivity index is 1.74. The summed E-state index contributed by atoms with van der Waals surface area (Å²) in [7, 11) is 2.10. The van der Waals surface area contributed by atoms with Gasteiger partial charge in [0.2, 0.25) is 0 Å². The van der Waals surface area contributed by atoms with Crippen LogP contribution in [-0.2, 0) is 9.47 Å². The number of morpholine rings is 1. The van der Waals surface area contributed by atoms with Gasteiger partial charge in [0, 0.05) is 19.6 Å². The maximum atomic E-state index is 10.3. The Morgan fingerprint density at radius 1 is 1.31 bits per heavy atom. The molecule has 2 aromatic carbocycles. The van der Waals surface area contributed by atoms with E-state index >= 15 is 0 Å². The van der Waals surface area contributed by atoms with Crippen LogP contribution in [0.15, 0.2) is 48.6 Å². The number of hydrogen-bond acceptors (Lipinski definition) is 5. The summed E-state index contributed by atoms with van der Waals surface area (Å²) in [5.74, 6) is 0.253. The van der Waals surface area contributed by atoms with E-state index in [0.717, 1.165) is 42.4 Å². The molecule has 4 rings (SSSR count). The third-order valence-electron chi connectivity index (χ3n) is 5.08. The fourth-order valence-corrected chi connectivity index (χ4v) is 3.76. The number of ether oxygens (including phenoxy) is 2. The van der Waals surface area contributed by atoms with Crippen LogP contribution < -0.4 is 5.32 Å². The summed E-state index contributed by atoms with van der Waals surface area (Å²) in [5.41, 5.74) is 0.974. The summed E-state index contributed by atoms with van der Waals surface area (Å²) < 4.78 is 12.6. The molecule has 2 N–H and O–H groups in total. The summed E-state index contributed by atoms with van der Waals surface area (Å²) >= 11 is 0. The van der Waals surface area contributed by atoms with Gasteiger partial charge >= 0.3 is 0 Å². The SMILES string of the molecule is CN1CCOC(C(OC2C=CCCN2)c2cc(O)cc3ccccc23)C1. The molecule has 138 valence electrons. The quantitative estimate of drug-likeness (QED) is 0.827. The molecule has 0 bridgehead atoms. The van der Waals surface area contributed by atoms with E-state index in [9.17, 15) is 5.11 Å². The highest BCUT2D eigenvalue weighted by Gasteiger charge is 2.32. The third-order valence-corrected chi connectivity index (χ3v) is 5.08. The van der Waals surface area contributed by atoms with Crippen LogP contribution in [0.4, 0.5) is 0 Å². The molecule has 0 aliphatic carbocycles. The second-order valence-electron chi connectivity index (χ2n) is 7.08. The molecule has 3 atom stereocenters. The lowest BCUT2D eigenvalue weighted by atomic mass is 9.95. The Bertz CT molecular complexity index is 792. The van der Waals surface area contributed by atoms with Crippen LogP contribution in [0.2, 0.25) is 0 Å². The average molecular weight is 354 g/mol. The predicted octanol–water partition coefficient (Wildman–Crippen LogP) is 2.81. The first-order valence-corrected chi connectivity index (χ1v) is 9.28. The van der Waals surface area contributed by atoms with Crippen molar-refractivity contribution in [2.45, 2.75) is 24.9 Å². The van der Waals surface area contributed by atoms with Crippen LogP contribution in [0.5, 0.6) is 5.75 Å². The maximum Gasteiger partial charge on any atom is 0.128 e. The molecule has 1 saturated heterocycles. The van der Waals surface area contributed by atoms with Gasteiger partial charge < -0.3 is 19.5 Å². The van der Waals surface area contributed by atoms with Crippen LogP contribution in [0.3, 0.4) is 0 Å². The molecular formula is C21H26N2O3. The van der Waals surface area contributed by atoms with E-state index in [0.29, 0.717) is 6.61 Å². The van der Waals surface area contributed by atoms with Crippen LogP contribution in [0.1, 0.15) is 18.1 Å². The fraction of sp³-hybridized carbons (Fsp3) is 0.429. The van der Waals surface area contributed by atoms with Gasteiger partial charge in [-0.1, -0.05) is 30.3 Å². The predicted molar refractivity (Wildman–Crippen MR) is 102 cm³/mol. The average Bonchev–Trinajstić information content (AvgIpc) is 2.66. The maximum absolute atomic E-state index is 10.3. The molecular weight excluding hydrogens is 328 g/mol. The molecule has 2 aromatic rings. The molecule has 0 saturated carbocycles. The van der Waals surface area contributed by atoms with E-state index in [4.69, 9.17) is 9.47 Å². The van der Waals surface area contributed by atoms with Crippen LogP contribution in [0, 0.1) is 0 Å². The van der Waals surface area contributed by atoms with Gasteiger partial charge in [0.15, 0.2) is 0 Å². The molecule has 0 aromatic heterocycles. The first-order chi connectivity index (χ1) is 12.7. The van der Waals surface area contributed by atoms with E-state index < -0.39 is 0 Å². The highest BCUT2D eigenvalue weighted by Crippen LogP contribution is 2.35. The lowest BCUT2D eigenvalue weighted by Gasteiger charge is -2.37. The molecule has 1 fully saturated rings. The standard InChI is InChI=1S/C21H26N2O3/c1-23-10-11-25-19(14-23)21(26-20-8-4-5-9-22-20)18-13-16(24)12-15-6-2-3-7-17(15)18/h2-4,6-8,12-13,19-22,24H,5,9-11,14H2,1H3. The first kappa shape index (κ1) is 17.5. The Kier molecular flexibility index (Phi) is 5.22. The molecule has 3 unspecified atom stereocenters. The number of phenolic OH excluding ortho intramolecular Hbond substituents is 1. The van der Waals surface area contributed by atoms with Crippen molar-refractivity contribution in [1.82, 2.24) is 10.2 Å². The number of hydrogen-bond donors (Lipinski definition) is 2. The summed E-state index contributed by atoms with van der Waals surface area (Å²) in [6, 6.07) is 11.7. The third kappa shape index (κ3) is 3.76. The number of benzene rings is 2. The second-order valence-corrected chi connectivity index (χ2v) is 7.08. The van der Waals surface area contributed by atoms with Crippen molar-refractivity contribution in [1.29, 1.82) is 0 Å². The van der Waals surface area contributed by atoms with Crippen molar-refractivity contribution in [2.75, 3.05) is 33.3 Å². The lowest BCUT2D eigenvalue weighted by Crippen LogP contribution is -2.45. The smallest absolute Gasteiger partial charge is 0.128 e. The molecule has 2 heterocycles. The summed E-state index contributed by atoms with van der Waals surface area (Å²) in [5, 5.41) is 15.8. The molecule has 26 heavy (non-hydrogen) atoms.